The van der Waals surface area contributed by atoms with Crippen molar-refractivity contribution in [2.75, 3.05) is 19.3 Å². The van der Waals surface area contributed by atoms with E-state index < -0.39 is 10.0 Å². The maximum absolute atomic E-state index is 12.2. The number of carbonyl (C=O) groups excluding carboxylic acids is 1. The molecule has 128 valence electrons. The second-order valence-electron chi connectivity index (χ2n) is 6.23. The summed E-state index contributed by atoms with van der Waals surface area (Å²) in [6.07, 6.45) is 7.24. The van der Waals surface area contributed by atoms with E-state index >= 15 is 0 Å². The Kier molecular flexibility index (Phi) is 6.59. The molecule has 2 rings (SSSR count). The zero-order valence-electron chi connectivity index (χ0n) is 13.7. The summed E-state index contributed by atoms with van der Waals surface area (Å²) in [6.45, 7) is 0.225. The van der Waals surface area contributed by atoms with E-state index in [9.17, 15) is 13.2 Å². The Morgan fingerprint density at radius 2 is 1.83 bits per heavy atom. The minimum Gasteiger partial charge on any atom is -0.352 e. The fourth-order valence-electron chi connectivity index (χ4n) is 2.94. The van der Waals surface area contributed by atoms with Gasteiger partial charge in [-0.1, -0.05) is 49.6 Å². The molecule has 1 amide bonds. The predicted molar refractivity (Wildman–Crippen MR) is 91.6 cm³/mol. The summed E-state index contributed by atoms with van der Waals surface area (Å²) in [5.41, 5.74) is 1.06. The monoisotopic (exact) mass is 338 g/mol. The van der Waals surface area contributed by atoms with Crippen LogP contribution in [0.4, 0.5) is 0 Å². The lowest BCUT2D eigenvalue weighted by Crippen LogP contribution is -2.45. The number of hydrogen-bond acceptors (Lipinski definition) is 3. The number of amides is 1. The van der Waals surface area contributed by atoms with Gasteiger partial charge in [-0.3, -0.25) is 4.79 Å². The minimum absolute atomic E-state index is 0.0951. The molecule has 1 aliphatic carbocycles. The molecule has 1 aliphatic rings. The maximum atomic E-state index is 12.2. The highest BCUT2D eigenvalue weighted by Gasteiger charge is 2.22. The van der Waals surface area contributed by atoms with Gasteiger partial charge in [0.25, 0.3) is 0 Å². The van der Waals surface area contributed by atoms with Crippen LogP contribution in [0.5, 0.6) is 0 Å². The molecule has 1 N–H and O–H groups in total. The molecule has 0 unspecified atom stereocenters. The topological polar surface area (TPSA) is 66.5 Å². The Balaban J connectivity index is 1.89. The molecule has 6 heteroatoms. The summed E-state index contributed by atoms with van der Waals surface area (Å²) in [7, 11) is -3.40. The van der Waals surface area contributed by atoms with Crippen LogP contribution in [0.3, 0.4) is 0 Å². The average molecular weight is 338 g/mol. The Morgan fingerprint density at radius 1 is 1.17 bits per heavy atom. The minimum atomic E-state index is -3.40. The fourth-order valence-corrected chi connectivity index (χ4v) is 3.72. The van der Waals surface area contributed by atoms with Crippen LogP contribution in [0.1, 0.15) is 37.7 Å². The molecular formula is C17H26N2O3S. The first kappa shape index (κ1) is 17.9. The van der Waals surface area contributed by atoms with Gasteiger partial charge in [0.1, 0.15) is 0 Å². The first-order chi connectivity index (χ1) is 10.9. The Morgan fingerprint density at radius 3 is 2.43 bits per heavy atom. The predicted octanol–water partition coefficient (Wildman–Crippen LogP) is 1.94. The molecule has 0 spiro atoms. The standard InChI is InChI=1S/C17H26N2O3S/c1-23(21,22)19(13-12-15-8-4-2-5-9-15)14-17(20)18-16-10-6-3-7-11-16/h2,4-5,8-9,16H,3,6-7,10-14H2,1H3,(H,18,20). The molecule has 23 heavy (non-hydrogen) atoms. The van der Waals surface area contributed by atoms with Crippen LogP contribution in [-0.2, 0) is 21.2 Å². The first-order valence-corrected chi connectivity index (χ1v) is 10.1. The van der Waals surface area contributed by atoms with E-state index in [-0.39, 0.29) is 18.5 Å². The van der Waals surface area contributed by atoms with Gasteiger partial charge in [0, 0.05) is 12.6 Å². The molecule has 0 atom stereocenters. The third kappa shape index (κ3) is 6.31. The van der Waals surface area contributed by atoms with Gasteiger partial charge in [-0.15, -0.1) is 0 Å². The van der Waals surface area contributed by atoms with Crippen LogP contribution in [0.15, 0.2) is 30.3 Å². The summed E-state index contributed by atoms with van der Waals surface area (Å²) in [4.78, 5) is 12.2. The summed E-state index contributed by atoms with van der Waals surface area (Å²) in [5, 5.41) is 2.97. The van der Waals surface area contributed by atoms with Gasteiger partial charge in [-0.05, 0) is 24.8 Å². The quantitative estimate of drug-likeness (QED) is 0.826. The molecule has 1 fully saturated rings. The van der Waals surface area contributed by atoms with Gasteiger partial charge < -0.3 is 5.32 Å². The van der Waals surface area contributed by atoms with E-state index in [1.54, 1.807) is 0 Å². The normalized spacial score (nSPS) is 16.4. The third-order valence-corrected chi connectivity index (χ3v) is 5.50. The number of hydrogen-bond donors (Lipinski definition) is 1. The highest BCUT2D eigenvalue weighted by Crippen LogP contribution is 2.17. The molecule has 0 radical (unpaired) electrons. The number of carbonyl (C=O) groups is 1. The van der Waals surface area contributed by atoms with Gasteiger partial charge in [0.15, 0.2) is 0 Å². The average Bonchev–Trinajstić information content (AvgIpc) is 2.52. The van der Waals surface area contributed by atoms with Crippen molar-refractivity contribution in [3.63, 3.8) is 0 Å². The van der Waals surface area contributed by atoms with Crippen LogP contribution in [0, 0.1) is 0 Å². The highest BCUT2D eigenvalue weighted by molar-refractivity contribution is 7.88. The SMILES string of the molecule is CS(=O)(=O)N(CCc1ccccc1)CC(=O)NC1CCCCC1. The summed E-state index contributed by atoms with van der Waals surface area (Å²) in [5.74, 6) is -0.199. The molecular weight excluding hydrogens is 312 g/mol. The van der Waals surface area contributed by atoms with Gasteiger partial charge in [0.05, 0.1) is 12.8 Å². The molecule has 1 aromatic rings. The van der Waals surface area contributed by atoms with E-state index in [0.29, 0.717) is 13.0 Å². The van der Waals surface area contributed by atoms with E-state index in [1.807, 2.05) is 30.3 Å². The fraction of sp³-hybridized carbons (Fsp3) is 0.588. The molecule has 0 saturated heterocycles. The van der Waals surface area contributed by atoms with E-state index in [2.05, 4.69) is 5.32 Å². The van der Waals surface area contributed by atoms with Crippen molar-refractivity contribution >= 4 is 15.9 Å². The number of nitrogens with zero attached hydrogens (tertiary/aromatic N) is 1. The number of rotatable bonds is 7. The van der Waals surface area contributed by atoms with E-state index in [4.69, 9.17) is 0 Å². The van der Waals surface area contributed by atoms with Crippen molar-refractivity contribution in [2.24, 2.45) is 0 Å². The summed E-state index contributed by atoms with van der Waals surface area (Å²) < 4.78 is 25.1. The smallest absolute Gasteiger partial charge is 0.235 e. The van der Waals surface area contributed by atoms with Gasteiger partial charge in [-0.2, -0.15) is 4.31 Å². The number of nitrogens with one attached hydrogen (secondary N) is 1. The van der Waals surface area contributed by atoms with Crippen LogP contribution < -0.4 is 5.32 Å². The summed E-state index contributed by atoms with van der Waals surface area (Å²) >= 11 is 0. The van der Waals surface area contributed by atoms with Gasteiger partial charge in [-0.25, -0.2) is 8.42 Å². The van der Waals surface area contributed by atoms with E-state index in [1.165, 1.54) is 10.7 Å². The molecule has 0 heterocycles. The van der Waals surface area contributed by atoms with Crippen molar-refractivity contribution in [1.29, 1.82) is 0 Å². The van der Waals surface area contributed by atoms with Crippen molar-refractivity contribution in [3.05, 3.63) is 35.9 Å². The largest absolute Gasteiger partial charge is 0.352 e. The van der Waals surface area contributed by atoms with Gasteiger partial charge in [0.2, 0.25) is 15.9 Å². The lowest BCUT2D eigenvalue weighted by Gasteiger charge is -2.25. The molecule has 1 saturated carbocycles. The third-order valence-electron chi connectivity index (χ3n) is 4.25. The Bertz CT molecular complexity index is 596. The van der Waals surface area contributed by atoms with Crippen LogP contribution >= 0.6 is 0 Å². The second-order valence-corrected chi connectivity index (χ2v) is 8.22. The lowest BCUT2D eigenvalue weighted by molar-refractivity contribution is -0.122. The van der Waals surface area contributed by atoms with Crippen molar-refractivity contribution in [3.8, 4) is 0 Å². The zero-order valence-corrected chi connectivity index (χ0v) is 14.5. The Hall–Kier alpha value is -1.40. The van der Waals surface area contributed by atoms with Crippen LogP contribution in [0.25, 0.3) is 0 Å². The molecule has 0 aliphatic heterocycles. The lowest BCUT2D eigenvalue weighted by atomic mass is 9.95. The molecule has 0 bridgehead atoms. The second kappa shape index (κ2) is 8.45. The number of sulfonamides is 1. The van der Waals surface area contributed by atoms with Crippen LogP contribution in [-0.4, -0.2) is 44.0 Å². The summed E-state index contributed by atoms with van der Waals surface area (Å²) in [6, 6.07) is 9.90. The molecule has 1 aromatic carbocycles. The molecule has 5 nitrogen and oxygen atoms in total. The highest BCUT2D eigenvalue weighted by atomic mass is 32.2. The van der Waals surface area contributed by atoms with E-state index in [0.717, 1.165) is 37.5 Å². The first-order valence-electron chi connectivity index (χ1n) is 8.23. The van der Waals surface area contributed by atoms with Crippen LogP contribution in [0.2, 0.25) is 0 Å². The molecule has 0 aromatic heterocycles. The van der Waals surface area contributed by atoms with Gasteiger partial charge >= 0.3 is 0 Å². The number of benzene rings is 1. The van der Waals surface area contributed by atoms with Crippen molar-refractivity contribution in [2.45, 2.75) is 44.6 Å². The van der Waals surface area contributed by atoms with Crippen molar-refractivity contribution in [1.82, 2.24) is 9.62 Å². The Labute approximate surface area is 139 Å². The zero-order chi connectivity index (χ0) is 16.7. The maximum Gasteiger partial charge on any atom is 0.235 e. The van der Waals surface area contributed by atoms with Crippen molar-refractivity contribution < 1.29 is 13.2 Å².